The second-order valence-electron chi connectivity index (χ2n) is 3.62. The van der Waals surface area contributed by atoms with E-state index in [1.54, 1.807) is 11.3 Å². The van der Waals surface area contributed by atoms with E-state index in [2.05, 4.69) is 32.7 Å². The first-order valence-electron chi connectivity index (χ1n) is 4.81. The maximum atomic E-state index is 3.60. The van der Waals surface area contributed by atoms with E-state index in [1.165, 1.54) is 35.0 Å². The van der Waals surface area contributed by atoms with Crippen molar-refractivity contribution >= 4 is 27.3 Å². The molecule has 0 amide bonds. The van der Waals surface area contributed by atoms with Gasteiger partial charge >= 0.3 is 0 Å². The number of halogens is 1. The van der Waals surface area contributed by atoms with Gasteiger partial charge in [0.25, 0.3) is 0 Å². The van der Waals surface area contributed by atoms with Crippen LogP contribution in [-0.2, 0) is 6.54 Å². The molecule has 0 aromatic carbocycles. The Kier molecular flexibility index (Phi) is 3.41. The number of nitrogens with one attached hydrogen (secondary N) is 1. The van der Waals surface area contributed by atoms with Crippen LogP contribution in [0.4, 0.5) is 0 Å². The lowest BCUT2D eigenvalue weighted by atomic mass is 10.2. The van der Waals surface area contributed by atoms with Crippen LogP contribution in [0.3, 0.4) is 0 Å². The third-order valence-corrected chi connectivity index (χ3v) is 4.13. The molecular weight excluding hydrogens is 246 g/mol. The normalized spacial score (nSPS) is 18.2. The summed E-state index contributed by atoms with van der Waals surface area (Å²) in [5.41, 5.74) is 1.41. The van der Waals surface area contributed by atoms with E-state index in [0.29, 0.717) is 0 Å². The molecule has 72 valence electrons. The average Bonchev–Trinajstić information content (AvgIpc) is 2.71. The molecule has 0 radical (unpaired) electrons. The predicted octanol–water partition coefficient (Wildman–Crippen LogP) is 3.54. The van der Waals surface area contributed by atoms with E-state index in [9.17, 15) is 0 Å². The minimum Gasteiger partial charge on any atom is -0.310 e. The van der Waals surface area contributed by atoms with Gasteiger partial charge in [0.05, 0.1) is 3.79 Å². The second kappa shape index (κ2) is 4.58. The van der Waals surface area contributed by atoms with E-state index in [-0.39, 0.29) is 0 Å². The lowest BCUT2D eigenvalue weighted by Gasteiger charge is -2.09. The van der Waals surface area contributed by atoms with Gasteiger partial charge < -0.3 is 5.32 Å². The highest BCUT2D eigenvalue weighted by Gasteiger charge is 2.13. The van der Waals surface area contributed by atoms with Crippen molar-refractivity contribution in [3.8, 4) is 0 Å². The molecule has 1 saturated carbocycles. The third-order valence-electron chi connectivity index (χ3n) is 2.57. The van der Waals surface area contributed by atoms with Crippen molar-refractivity contribution in [3.63, 3.8) is 0 Å². The van der Waals surface area contributed by atoms with Gasteiger partial charge in [-0.25, -0.2) is 0 Å². The summed E-state index contributed by atoms with van der Waals surface area (Å²) in [5, 5.41) is 5.81. The summed E-state index contributed by atoms with van der Waals surface area (Å²) in [7, 11) is 0. The first kappa shape index (κ1) is 9.69. The number of rotatable bonds is 3. The third kappa shape index (κ3) is 2.79. The van der Waals surface area contributed by atoms with Gasteiger partial charge in [-0.3, -0.25) is 0 Å². The second-order valence-corrected chi connectivity index (χ2v) is 5.91. The average molecular weight is 260 g/mol. The molecule has 1 aromatic rings. The molecule has 1 aromatic heterocycles. The van der Waals surface area contributed by atoms with Gasteiger partial charge in [0.1, 0.15) is 0 Å². The zero-order chi connectivity index (χ0) is 9.10. The molecule has 0 bridgehead atoms. The fourth-order valence-electron chi connectivity index (χ4n) is 1.83. The molecule has 3 heteroatoms. The van der Waals surface area contributed by atoms with Crippen LogP contribution in [0.1, 0.15) is 31.2 Å². The van der Waals surface area contributed by atoms with Crippen molar-refractivity contribution in [2.24, 2.45) is 0 Å². The van der Waals surface area contributed by atoms with Crippen LogP contribution in [0.5, 0.6) is 0 Å². The van der Waals surface area contributed by atoms with Crippen molar-refractivity contribution in [3.05, 3.63) is 20.8 Å². The maximum Gasteiger partial charge on any atom is 0.0701 e. The summed E-state index contributed by atoms with van der Waals surface area (Å²) < 4.78 is 1.23. The summed E-state index contributed by atoms with van der Waals surface area (Å²) in [6.45, 7) is 1.03. The zero-order valence-corrected chi connectivity index (χ0v) is 9.96. The molecule has 1 fully saturated rings. The minimum absolute atomic E-state index is 0.777. The lowest BCUT2D eigenvalue weighted by Crippen LogP contribution is -2.24. The molecule has 0 atom stereocenters. The number of hydrogen-bond donors (Lipinski definition) is 1. The molecule has 2 rings (SSSR count). The molecule has 0 aliphatic heterocycles. The first-order valence-corrected chi connectivity index (χ1v) is 6.48. The van der Waals surface area contributed by atoms with E-state index in [4.69, 9.17) is 0 Å². The van der Waals surface area contributed by atoms with E-state index in [1.807, 2.05) is 0 Å². The molecule has 0 spiro atoms. The van der Waals surface area contributed by atoms with Crippen molar-refractivity contribution in [1.29, 1.82) is 0 Å². The summed E-state index contributed by atoms with van der Waals surface area (Å²) in [4.78, 5) is 0. The highest BCUT2D eigenvalue weighted by molar-refractivity contribution is 9.11. The minimum atomic E-state index is 0.777. The Bertz CT molecular complexity index is 266. The quantitative estimate of drug-likeness (QED) is 0.876. The smallest absolute Gasteiger partial charge is 0.0701 e. The Morgan fingerprint density at radius 2 is 2.23 bits per heavy atom. The molecule has 1 N–H and O–H groups in total. The van der Waals surface area contributed by atoms with Gasteiger partial charge in [0, 0.05) is 12.6 Å². The Balaban J connectivity index is 1.78. The number of hydrogen-bond acceptors (Lipinski definition) is 2. The monoisotopic (exact) mass is 259 g/mol. The van der Waals surface area contributed by atoms with Crippen LogP contribution >= 0.6 is 27.3 Å². The van der Waals surface area contributed by atoms with Gasteiger partial charge in [0.15, 0.2) is 0 Å². The van der Waals surface area contributed by atoms with Crippen molar-refractivity contribution in [2.75, 3.05) is 0 Å². The van der Waals surface area contributed by atoms with Gasteiger partial charge in [-0.1, -0.05) is 12.8 Å². The molecule has 13 heavy (non-hydrogen) atoms. The Hall–Kier alpha value is 0.140. The molecule has 1 nitrogen and oxygen atoms in total. The van der Waals surface area contributed by atoms with Crippen LogP contribution in [0, 0.1) is 0 Å². The topological polar surface area (TPSA) is 12.0 Å². The molecular formula is C10H14BrNS. The standard InChI is InChI=1S/C10H14BrNS/c11-10-5-8(7-13-10)6-12-9-3-1-2-4-9/h5,7,9,12H,1-4,6H2. The van der Waals surface area contributed by atoms with Crippen LogP contribution in [0.2, 0.25) is 0 Å². The van der Waals surface area contributed by atoms with Crippen molar-refractivity contribution < 1.29 is 0 Å². The number of thiophene rings is 1. The zero-order valence-electron chi connectivity index (χ0n) is 7.55. The van der Waals surface area contributed by atoms with Gasteiger partial charge in [-0.2, -0.15) is 0 Å². The highest BCUT2D eigenvalue weighted by Crippen LogP contribution is 2.22. The molecule has 1 heterocycles. The van der Waals surface area contributed by atoms with Crippen LogP contribution < -0.4 is 5.32 Å². The molecule has 0 saturated heterocycles. The van der Waals surface area contributed by atoms with Crippen LogP contribution in [0.15, 0.2) is 15.2 Å². The van der Waals surface area contributed by atoms with Crippen LogP contribution in [0.25, 0.3) is 0 Å². The summed E-state index contributed by atoms with van der Waals surface area (Å²) in [6, 6.07) is 2.98. The first-order chi connectivity index (χ1) is 6.34. The molecule has 1 aliphatic carbocycles. The lowest BCUT2D eigenvalue weighted by molar-refractivity contribution is 0.525. The Morgan fingerprint density at radius 1 is 1.46 bits per heavy atom. The largest absolute Gasteiger partial charge is 0.310 e. The fraction of sp³-hybridized carbons (Fsp3) is 0.600. The highest BCUT2D eigenvalue weighted by atomic mass is 79.9. The van der Waals surface area contributed by atoms with E-state index >= 15 is 0 Å². The van der Waals surface area contributed by atoms with E-state index < -0.39 is 0 Å². The summed E-state index contributed by atoms with van der Waals surface area (Å²) in [6.07, 6.45) is 5.55. The maximum absolute atomic E-state index is 3.60. The fourth-order valence-corrected chi connectivity index (χ4v) is 3.04. The Labute approximate surface area is 91.7 Å². The molecule has 0 unspecified atom stereocenters. The van der Waals surface area contributed by atoms with Crippen LogP contribution in [-0.4, -0.2) is 6.04 Å². The van der Waals surface area contributed by atoms with E-state index in [0.717, 1.165) is 12.6 Å². The summed E-state index contributed by atoms with van der Waals surface area (Å²) in [5.74, 6) is 0. The van der Waals surface area contributed by atoms with Crippen molar-refractivity contribution in [2.45, 2.75) is 38.3 Å². The van der Waals surface area contributed by atoms with Gasteiger partial charge in [0.2, 0.25) is 0 Å². The summed E-state index contributed by atoms with van der Waals surface area (Å²) >= 11 is 5.24. The van der Waals surface area contributed by atoms with Gasteiger partial charge in [-0.15, -0.1) is 11.3 Å². The Morgan fingerprint density at radius 3 is 2.85 bits per heavy atom. The van der Waals surface area contributed by atoms with Gasteiger partial charge in [-0.05, 0) is 45.8 Å². The SMILES string of the molecule is Brc1cc(CNC2CCCC2)cs1. The van der Waals surface area contributed by atoms with Crippen molar-refractivity contribution in [1.82, 2.24) is 5.32 Å². The predicted molar refractivity (Wildman–Crippen MR) is 61.1 cm³/mol. The molecule has 1 aliphatic rings.